The van der Waals surface area contributed by atoms with Gasteiger partial charge >= 0.3 is 0 Å². The zero-order valence-electron chi connectivity index (χ0n) is 8.43. The quantitative estimate of drug-likeness (QED) is 0.716. The molecule has 0 aromatic carbocycles. The van der Waals surface area contributed by atoms with Gasteiger partial charge in [0.25, 0.3) is 0 Å². The molecule has 0 aliphatic heterocycles. The third kappa shape index (κ3) is 2.13. The van der Waals surface area contributed by atoms with Crippen LogP contribution in [0.4, 0.5) is 0 Å². The Morgan fingerprint density at radius 1 is 1.40 bits per heavy atom. The number of hydrogen-bond acceptors (Lipinski definition) is 3. The highest BCUT2D eigenvalue weighted by atomic mass is 16.3. The standard InChI is InChI=1S/C12H11NO2/c1-9-4-2-6-13-10(9)8-11(14)12-5-3-7-15-12/h2-7H,8H2,1H3. The third-order valence-corrected chi connectivity index (χ3v) is 2.24. The second-order valence-corrected chi connectivity index (χ2v) is 3.34. The number of ketones is 1. The van der Waals surface area contributed by atoms with Gasteiger partial charge in [-0.2, -0.15) is 0 Å². The number of aromatic nitrogens is 1. The van der Waals surface area contributed by atoms with Crippen LogP contribution in [0.25, 0.3) is 0 Å². The number of aryl methyl sites for hydroxylation is 1. The van der Waals surface area contributed by atoms with Crippen LogP contribution in [0.2, 0.25) is 0 Å². The Hall–Kier alpha value is -1.90. The summed E-state index contributed by atoms with van der Waals surface area (Å²) in [5, 5.41) is 0. The van der Waals surface area contributed by atoms with Crippen molar-refractivity contribution in [1.29, 1.82) is 0 Å². The van der Waals surface area contributed by atoms with Crippen LogP contribution in [0.5, 0.6) is 0 Å². The van der Waals surface area contributed by atoms with E-state index in [2.05, 4.69) is 4.98 Å². The molecule has 15 heavy (non-hydrogen) atoms. The van der Waals surface area contributed by atoms with Gasteiger partial charge in [-0.3, -0.25) is 9.78 Å². The number of nitrogens with zero attached hydrogens (tertiary/aromatic N) is 1. The van der Waals surface area contributed by atoms with Crippen molar-refractivity contribution >= 4 is 5.78 Å². The van der Waals surface area contributed by atoms with Crippen LogP contribution in [0.15, 0.2) is 41.1 Å². The molecule has 0 radical (unpaired) electrons. The van der Waals surface area contributed by atoms with Crippen LogP contribution in [-0.2, 0) is 6.42 Å². The Kier molecular flexibility index (Phi) is 2.63. The van der Waals surface area contributed by atoms with Crippen LogP contribution in [0, 0.1) is 6.92 Å². The van der Waals surface area contributed by atoms with Crippen molar-refractivity contribution in [3.8, 4) is 0 Å². The number of pyridine rings is 1. The van der Waals surface area contributed by atoms with E-state index in [-0.39, 0.29) is 5.78 Å². The summed E-state index contributed by atoms with van der Waals surface area (Å²) in [6.45, 7) is 1.94. The van der Waals surface area contributed by atoms with Gasteiger partial charge in [0.2, 0.25) is 5.78 Å². The molecular weight excluding hydrogens is 190 g/mol. The van der Waals surface area contributed by atoms with E-state index < -0.39 is 0 Å². The Bertz CT molecular complexity index is 460. The van der Waals surface area contributed by atoms with E-state index in [1.807, 2.05) is 19.1 Å². The van der Waals surface area contributed by atoms with Crippen LogP contribution in [0.3, 0.4) is 0 Å². The van der Waals surface area contributed by atoms with Gasteiger partial charge in [0.15, 0.2) is 5.76 Å². The molecule has 0 spiro atoms. The molecular formula is C12H11NO2. The van der Waals surface area contributed by atoms with Gasteiger partial charge in [-0.05, 0) is 30.7 Å². The van der Waals surface area contributed by atoms with E-state index in [9.17, 15) is 4.79 Å². The van der Waals surface area contributed by atoms with Gasteiger partial charge in [-0.15, -0.1) is 0 Å². The first-order valence-electron chi connectivity index (χ1n) is 4.74. The van der Waals surface area contributed by atoms with Crippen LogP contribution < -0.4 is 0 Å². The number of rotatable bonds is 3. The van der Waals surface area contributed by atoms with Crippen molar-refractivity contribution in [2.24, 2.45) is 0 Å². The molecule has 0 unspecified atom stereocenters. The zero-order valence-corrected chi connectivity index (χ0v) is 8.43. The second-order valence-electron chi connectivity index (χ2n) is 3.34. The molecule has 3 heteroatoms. The molecule has 0 N–H and O–H groups in total. The summed E-state index contributed by atoms with van der Waals surface area (Å²) in [5.41, 5.74) is 1.83. The zero-order chi connectivity index (χ0) is 10.7. The van der Waals surface area contributed by atoms with Crippen molar-refractivity contribution in [2.75, 3.05) is 0 Å². The number of carbonyl (C=O) groups excluding carboxylic acids is 1. The first-order valence-corrected chi connectivity index (χ1v) is 4.74. The second kappa shape index (κ2) is 4.09. The fourth-order valence-corrected chi connectivity index (χ4v) is 1.38. The van der Waals surface area contributed by atoms with Crippen LogP contribution in [-0.4, -0.2) is 10.8 Å². The van der Waals surface area contributed by atoms with E-state index >= 15 is 0 Å². The SMILES string of the molecule is Cc1cccnc1CC(=O)c1ccco1. The van der Waals surface area contributed by atoms with Crippen molar-refractivity contribution in [3.63, 3.8) is 0 Å². The monoisotopic (exact) mass is 201 g/mol. The molecule has 3 nitrogen and oxygen atoms in total. The minimum atomic E-state index is -0.0400. The van der Waals surface area contributed by atoms with Gasteiger partial charge in [0.1, 0.15) is 0 Å². The summed E-state index contributed by atoms with van der Waals surface area (Å²) in [7, 11) is 0. The molecule has 0 aliphatic rings. The van der Waals surface area contributed by atoms with Crippen molar-refractivity contribution in [3.05, 3.63) is 53.7 Å². The Balaban J connectivity index is 2.17. The van der Waals surface area contributed by atoms with Gasteiger partial charge < -0.3 is 4.42 Å². The lowest BCUT2D eigenvalue weighted by Gasteiger charge is -2.01. The minimum Gasteiger partial charge on any atom is -0.461 e. The number of furan rings is 1. The Morgan fingerprint density at radius 3 is 2.93 bits per heavy atom. The van der Waals surface area contributed by atoms with E-state index in [0.717, 1.165) is 11.3 Å². The molecule has 0 saturated carbocycles. The smallest absolute Gasteiger partial charge is 0.203 e. The van der Waals surface area contributed by atoms with Crippen molar-refractivity contribution < 1.29 is 9.21 Å². The Labute approximate surface area is 87.8 Å². The van der Waals surface area contributed by atoms with E-state index in [0.29, 0.717) is 12.2 Å². The highest BCUT2D eigenvalue weighted by molar-refractivity contribution is 5.94. The average molecular weight is 201 g/mol. The summed E-state index contributed by atoms with van der Waals surface area (Å²) < 4.78 is 5.03. The first-order chi connectivity index (χ1) is 7.27. The number of carbonyl (C=O) groups is 1. The molecule has 0 atom stereocenters. The predicted octanol–water partition coefficient (Wildman–Crippen LogP) is 2.41. The molecule has 2 rings (SSSR count). The summed E-state index contributed by atoms with van der Waals surface area (Å²) >= 11 is 0. The average Bonchev–Trinajstić information content (AvgIpc) is 2.74. The highest BCUT2D eigenvalue weighted by Gasteiger charge is 2.11. The fraction of sp³-hybridized carbons (Fsp3) is 0.167. The molecule has 2 aromatic heterocycles. The van der Waals surface area contributed by atoms with E-state index in [1.54, 1.807) is 18.3 Å². The first kappa shape index (κ1) is 9.65. The molecule has 76 valence electrons. The maximum atomic E-state index is 11.7. The topological polar surface area (TPSA) is 43.1 Å². The largest absolute Gasteiger partial charge is 0.461 e. The van der Waals surface area contributed by atoms with Crippen molar-refractivity contribution in [1.82, 2.24) is 4.98 Å². The molecule has 0 bridgehead atoms. The molecule has 0 fully saturated rings. The van der Waals surface area contributed by atoms with Gasteiger partial charge in [0.05, 0.1) is 18.4 Å². The van der Waals surface area contributed by atoms with Gasteiger partial charge in [-0.25, -0.2) is 0 Å². The molecule has 2 aromatic rings. The fourth-order valence-electron chi connectivity index (χ4n) is 1.38. The number of hydrogen-bond donors (Lipinski definition) is 0. The van der Waals surface area contributed by atoms with Gasteiger partial charge in [0, 0.05) is 6.20 Å². The summed E-state index contributed by atoms with van der Waals surface area (Å²) in [6, 6.07) is 7.17. The Morgan fingerprint density at radius 2 is 2.27 bits per heavy atom. The maximum absolute atomic E-state index is 11.7. The lowest BCUT2D eigenvalue weighted by atomic mass is 10.1. The summed E-state index contributed by atoms with van der Waals surface area (Å²) in [4.78, 5) is 15.9. The summed E-state index contributed by atoms with van der Waals surface area (Å²) in [5.74, 6) is 0.349. The lowest BCUT2D eigenvalue weighted by Crippen LogP contribution is -2.05. The number of Topliss-reactive ketones (excluding diaryl/α,β-unsaturated/α-hetero) is 1. The van der Waals surface area contributed by atoms with E-state index in [4.69, 9.17) is 4.42 Å². The highest BCUT2D eigenvalue weighted by Crippen LogP contribution is 2.09. The summed E-state index contributed by atoms with van der Waals surface area (Å²) in [6.07, 6.45) is 3.48. The predicted molar refractivity (Wildman–Crippen MR) is 55.7 cm³/mol. The molecule has 0 saturated heterocycles. The van der Waals surface area contributed by atoms with Gasteiger partial charge in [-0.1, -0.05) is 6.07 Å². The van der Waals surface area contributed by atoms with Crippen LogP contribution >= 0.6 is 0 Å². The third-order valence-electron chi connectivity index (χ3n) is 2.24. The molecule has 0 aliphatic carbocycles. The minimum absolute atomic E-state index is 0.0400. The van der Waals surface area contributed by atoms with Crippen molar-refractivity contribution in [2.45, 2.75) is 13.3 Å². The van der Waals surface area contributed by atoms with Crippen LogP contribution in [0.1, 0.15) is 21.8 Å². The maximum Gasteiger partial charge on any atom is 0.203 e. The lowest BCUT2D eigenvalue weighted by molar-refractivity contribution is 0.0965. The normalized spacial score (nSPS) is 10.2. The molecule has 0 amide bonds. The molecule has 2 heterocycles. The van der Waals surface area contributed by atoms with E-state index in [1.165, 1.54) is 6.26 Å².